The number of anilines is 1. The number of hydrogen-bond acceptors (Lipinski definition) is 6. The van der Waals surface area contributed by atoms with Crippen molar-refractivity contribution in [3.05, 3.63) is 64.1 Å². The molecule has 32 heavy (non-hydrogen) atoms. The lowest BCUT2D eigenvalue weighted by atomic mass is 10.1. The van der Waals surface area contributed by atoms with Crippen LogP contribution in [0.2, 0.25) is 0 Å². The van der Waals surface area contributed by atoms with Gasteiger partial charge in [0, 0.05) is 7.05 Å². The van der Waals surface area contributed by atoms with Crippen LogP contribution in [0.3, 0.4) is 0 Å². The van der Waals surface area contributed by atoms with Crippen LogP contribution >= 0.6 is 11.8 Å². The molecule has 0 N–H and O–H groups in total. The molecule has 1 aliphatic rings. The van der Waals surface area contributed by atoms with Crippen molar-refractivity contribution in [3.8, 4) is 22.9 Å². The van der Waals surface area contributed by atoms with Gasteiger partial charge in [-0.05, 0) is 36.8 Å². The lowest BCUT2D eigenvalue weighted by molar-refractivity contribution is -0.115. The maximum Gasteiger partial charge on any atom is 0.295 e. The smallest absolute Gasteiger partial charge is 0.295 e. The quantitative estimate of drug-likeness (QED) is 0.568. The molecule has 0 aliphatic carbocycles. The summed E-state index contributed by atoms with van der Waals surface area (Å²) in [6.07, 6.45) is 0. The van der Waals surface area contributed by atoms with Gasteiger partial charge < -0.3 is 14.2 Å². The second-order valence-electron chi connectivity index (χ2n) is 7.30. The van der Waals surface area contributed by atoms with Gasteiger partial charge in [-0.15, -0.1) is 11.8 Å². The van der Waals surface area contributed by atoms with Gasteiger partial charge in [-0.3, -0.25) is 19.2 Å². The first-order valence-corrected chi connectivity index (χ1v) is 11.0. The number of amides is 1. The van der Waals surface area contributed by atoms with E-state index in [0.29, 0.717) is 28.6 Å². The van der Waals surface area contributed by atoms with Crippen molar-refractivity contribution >= 4 is 23.4 Å². The third-order valence-electron chi connectivity index (χ3n) is 5.60. The molecular formula is C23H25N3O5S. The zero-order valence-electron chi connectivity index (χ0n) is 18.6. The molecule has 2 heterocycles. The monoisotopic (exact) mass is 455 g/mol. The van der Waals surface area contributed by atoms with Gasteiger partial charge in [-0.1, -0.05) is 18.2 Å². The average molecular weight is 456 g/mol. The van der Waals surface area contributed by atoms with E-state index in [9.17, 15) is 9.59 Å². The maximum atomic E-state index is 13.5. The number of benzene rings is 2. The predicted molar refractivity (Wildman–Crippen MR) is 125 cm³/mol. The summed E-state index contributed by atoms with van der Waals surface area (Å²) in [6.45, 7) is 1.85. The highest BCUT2D eigenvalue weighted by Crippen LogP contribution is 2.47. The Morgan fingerprint density at radius 3 is 2.16 bits per heavy atom. The second kappa shape index (κ2) is 8.66. The minimum atomic E-state index is -0.408. The van der Waals surface area contributed by atoms with Gasteiger partial charge in [0.2, 0.25) is 11.7 Å². The fraction of sp³-hybridized carbons (Fsp3) is 0.304. The van der Waals surface area contributed by atoms with Crippen molar-refractivity contribution in [3.63, 3.8) is 0 Å². The molecule has 168 valence electrons. The number of rotatable bonds is 6. The van der Waals surface area contributed by atoms with E-state index in [0.717, 1.165) is 11.3 Å². The fourth-order valence-electron chi connectivity index (χ4n) is 3.99. The van der Waals surface area contributed by atoms with E-state index in [-0.39, 0.29) is 17.2 Å². The summed E-state index contributed by atoms with van der Waals surface area (Å²) in [5, 5.41) is -0.408. The Balaban J connectivity index is 1.87. The molecule has 1 aromatic heterocycles. The minimum absolute atomic E-state index is 0.125. The zero-order valence-corrected chi connectivity index (χ0v) is 19.4. The molecule has 0 saturated carbocycles. The van der Waals surface area contributed by atoms with E-state index in [1.165, 1.54) is 11.8 Å². The van der Waals surface area contributed by atoms with Crippen LogP contribution in [0.5, 0.6) is 17.2 Å². The van der Waals surface area contributed by atoms with Gasteiger partial charge in [0.1, 0.15) is 11.1 Å². The van der Waals surface area contributed by atoms with Crippen LogP contribution < -0.4 is 24.7 Å². The van der Waals surface area contributed by atoms with Crippen LogP contribution in [0.15, 0.2) is 47.3 Å². The van der Waals surface area contributed by atoms with Crippen molar-refractivity contribution < 1.29 is 19.0 Å². The van der Waals surface area contributed by atoms with Crippen LogP contribution in [0.1, 0.15) is 16.6 Å². The van der Waals surface area contributed by atoms with E-state index in [4.69, 9.17) is 14.2 Å². The summed E-state index contributed by atoms with van der Waals surface area (Å²) < 4.78 is 19.7. The highest BCUT2D eigenvalue weighted by atomic mass is 32.2. The van der Waals surface area contributed by atoms with Crippen molar-refractivity contribution in [2.24, 2.45) is 7.05 Å². The number of ether oxygens (including phenoxy) is 3. The molecule has 1 aliphatic heterocycles. The molecule has 2 aromatic carbocycles. The molecule has 1 unspecified atom stereocenters. The van der Waals surface area contributed by atoms with Crippen LogP contribution in [-0.4, -0.2) is 42.4 Å². The fourth-order valence-corrected chi connectivity index (χ4v) is 5.13. The van der Waals surface area contributed by atoms with Gasteiger partial charge in [-0.2, -0.15) is 0 Å². The Morgan fingerprint density at radius 2 is 1.59 bits per heavy atom. The standard InChI is InChI=1S/C23H25N3O5S/c1-14-20(22(28)26(24(14)2)16-9-7-6-8-10-16)25-19(27)13-32-23(25)15-11-17(29-3)21(31-5)18(12-15)30-4/h6-12,23H,13H2,1-5H3. The molecular weight excluding hydrogens is 430 g/mol. The molecule has 1 atom stereocenters. The van der Waals surface area contributed by atoms with E-state index in [1.807, 2.05) is 56.4 Å². The number of carbonyl (C=O) groups is 1. The third kappa shape index (κ3) is 3.42. The minimum Gasteiger partial charge on any atom is -0.493 e. The summed E-state index contributed by atoms with van der Waals surface area (Å²) in [5.74, 6) is 1.60. The molecule has 0 spiro atoms. The van der Waals surface area contributed by atoms with Crippen molar-refractivity contribution in [1.82, 2.24) is 9.36 Å². The van der Waals surface area contributed by atoms with E-state index >= 15 is 0 Å². The van der Waals surface area contributed by atoms with E-state index in [1.54, 1.807) is 35.6 Å². The summed E-state index contributed by atoms with van der Waals surface area (Å²) in [7, 11) is 6.45. The van der Waals surface area contributed by atoms with E-state index < -0.39 is 5.37 Å². The zero-order chi connectivity index (χ0) is 23.0. The number of nitrogens with zero attached hydrogens (tertiary/aromatic N) is 3. The SMILES string of the molecule is COc1cc(C2SCC(=O)N2c2c(C)n(C)n(-c3ccccc3)c2=O)cc(OC)c1OC. The van der Waals surface area contributed by atoms with Crippen LogP contribution in [0.25, 0.3) is 5.69 Å². The van der Waals surface area contributed by atoms with Gasteiger partial charge in [0.15, 0.2) is 11.5 Å². The molecule has 9 heteroatoms. The number of thioether (sulfide) groups is 1. The Bertz CT molecular complexity index is 1190. The molecule has 0 bridgehead atoms. The Hall–Kier alpha value is -3.33. The molecule has 3 aromatic rings. The largest absolute Gasteiger partial charge is 0.493 e. The first-order valence-electron chi connectivity index (χ1n) is 10.0. The Labute approximate surface area is 190 Å². The molecule has 1 fully saturated rings. The summed E-state index contributed by atoms with van der Waals surface area (Å²) >= 11 is 1.45. The Kier molecular flexibility index (Phi) is 5.92. The molecule has 1 saturated heterocycles. The number of carbonyl (C=O) groups excluding carboxylic acids is 1. The summed E-state index contributed by atoms with van der Waals surface area (Å²) in [5.41, 5.74) is 2.34. The number of hydrogen-bond donors (Lipinski definition) is 0. The second-order valence-corrected chi connectivity index (χ2v) is 8.36. The maximum absolute atomic E-state index is 13.5. The van der Waals surface area contributed by atoms with Gasteiger partial charge in [0.25, 0.3) is 5.56 Å². The highest BCUT2D eigenvalue weighted by molar-refractivity contribution is 8.00. The highest BCUT2D eigenvalue weighted by Gasteiger charge is 2.39. The number of para-hydroxylation sites is 1. The summed E-state index contributed by atoms with van der Waals surface area (Å²) in [6, 6.07) is 13.0. The first-order chi connectivity index (χ1) is 15.4. The normalized spacial score (nSPS) is 15.8. The van der Waals surface area contributed by atoms with Crippen molar-refractivity contribution in [2.75, 3.05) is 32.0 Å². The topological polar surface area (TPSA) is 74.9 Å². The lowest BCUT2D eigenvalue weighted by Gasteiger charge is -2.24. The van der Waals surface area contributed by atoms with Gasteiger partial charge in [0.05, 0.1) is 38.5 Å². The van der Waals surface area contributed by atoms with Crippen molar-refractivity contribution in [2.45, 2.75) is 12.3 Å². The Morgan fingerprint density at radius 1 is 0.969 bits per heavy atom. The first kappa shape index (κ1) is 21.9. The van der Waals surface area contributed by atoms with Gasteiger partial charge in [-0.25, -0.2) is 4.68 Å². The molecule has 4 rings (SSSR count). The average Bonchev–Trinajstić information content (AvgIpc) is 3.29. The van der Waals surface area contributed by atoms with Crippen molar-refractivity contribution in [1.29, 1.82) is 0 Å². The molecule has 1 amide bonds. The van der Waals surface area contributed by atoms with Crippen LogP contribution in [0.4, 0.5) is 5.69 Å². The molecule has 0 radical (unpaired) electrons. The number of methoxy groups -OCH3 is 3. The third-order valence-corrected chi connectivity index (χ3v) is 6.82. The van der Waals surface area contributed by atoms with Crippen LogP contribution in [-0.2, 0) is 11.8 Å². The summed E-state index contributed by atoms with van der Waals surface area (Å²) in [4.78, 5) is 28.1. The molecule has 8 nitrogen and oxygen atoms in total. The van der Waals surface area contributed by atoms with Gasteiger partial charge >= 0.3 is 0 Å². The lowest BCUT2D eigenvalue weighted by Crippen LogP contribution is -2.33. The predicted octanol–water partition coefficient (Wildman–Crippen LogP) is 3.29. The number of aromatic nitrogens is 2. The van der Waals surface area contributed by atoms with Crippen LogP contribution in [0, 0.1) is 6.92 Å². The van der Waals surface area contributed by atoms with E-state index in [2.05, 4.69) is 0 Å².